The van der Waals surface area contributed by atoms with Gasteiger partial charge in [0, 0.05) is 18.5 Å². The van der Waals surface area contributed by atoms with Crippen LogP contribution in [0.15, 0.2) is 0 Å². The molecular weight excluding hydrogens is 206 g/mol. The molecule has 1 unspecified atom stereocenters. The summed E-state index contributed by atoms with van der Waals surface area (Å²) in [6.45, 7) is 8.16. The average Bonchev–Trinajstić information content (AvgIpc) is 2.45. The van der Waals surface area contributed by atoms with Gasteiger partial charge in [-0.25, -0.2) is 0 Å². The zero-order valence-corrected chi connectivity index (χ0v) is 10.4. The van der Waals surface area contributed by atoms with Gasteiger partial charge in [-0.1, -0.05) is 0 Å². The first-order chi connectivity index (χ1) is 7.21. The van der Waals surface area contributed by atoms with Gasteiger partial charge in [-0.3, -0.25) is 9.59 Å². The third-order valence-electron chi connectivity index (χ3n) is 2.69. The third-order valence-corrected chi connectivity index (χ3v) is 2.69. The minimum absolute atomic E-state index is 0.0856. The molecule has 0 spiro atoms. The molecule has 3 N–H and O–H groups in total. The fourth-order valence-electron chi connectivity index (χ4n) is 1.79. The Bertz CT molecular complexity index is 294. The Labute approximate surface area is 96.4 Å². The number of rotatable bonds is 2. The van der Waals surface area contributed by atoms with Gasteiger partial charge >= 0.3 is 0 Å². The molecule has 2 atom stereocenters. The van der Waals surface area contributed by atoms with Crippen molar-refractivity contribution in [3.8, 4) is 0 Å². The number of nitrogens with two attached hydrogens (primary N) is 1. The molecule has 0 aromatic rings. The van der Waals surface area contributed by atoms with Crippen LogP contribution in [0.5, 0.6) is 0 Å². The number of nitrogens with zero attached hydrogens (tertiary/aromatic N) is 1. The summed E-state index contributed by atoms with van der Waals surface area (Å²) in [5, 5.41) is 2.78. The molecule has 1 fully saturated rings. The van der Waals surface area contributed by atoms with Gasteiger partial charge in [0.1, 0.15) is 0 Å². The number of likely N-dealkylation sites (tertiary alicyclic amines) is 1. The largest absolute Gasteiger partial charge is 0.350 e. The summed E-state index contributed by atoms with van der Waals surface area (Å²) in [5.41, 5.74) is 5.27. The highest BCUT2D eigenvalue weighted by Crippen LogP contribution is 2.21. The molecule has 0 saturated carbocycles. The predicted molar refractivity (Wildman–Crippen MR) is 61.7 cm³/mol. The van der Waals surface area contributed by atoms with Crippen LogP contribution in [0.2, 0.25) is 0 Å². The standard InChI is InChI=1S/C11H21N3O2/c1-7(12)10(16)13-8-5-9(15)14(6-8)11(2,3)4/h7-8H,5-6,12H2,1-4H3,(H,13,16)/t7-,8?/m1/s1. The van der Waals surface area contributed by atoms with E-state index in [1.165, 1.54) is 0 Å². The van der Waals surface area contributed by atoms with Crippen LogP contribution in [0.4, 0.5) is 0 Å². The molecule has 1 aliphatic heterocycles. The van der Waals surface area contributed by atoms with E-state index in [0.29, 0.717) is 13.0 Å². The summed E-state index contributed by atoms with van der Waals surface area (Å²) in [5.74, 6) is -0.115. The maximum absolute atomic E-state index is 11.7. The van der Waals surface area contributed by atoms with Gasteiger partial charge in [-0.2, -0.15) is 0 Å². The van der Waals surface area contributed by atoms with Crippen molar-refractivity contribution in [3.05, 3.63) is 0 Å². The molecule has 1 heterocycles. The number of hydrogen-bond donors (Lipinski definition) is 2. The van der Waals surface area contributed by atoms with Crippen LogP contribution in [-0.4, -0.2) is 40.9 Å². The molecule has 5 nitrogen and oxygen atoms in total. The molecule has 0 radical (unpaired) electrons. The normalized spacial score (nSPS) is 23.4. The van der Waals surface area contributed by atoms with Crippen LogP contribution in [-0.2, 0) is 9.59 Å². The highest BCUT2D eigenvalue weighted by molar-refractivity contribution is 5.84. The van der Waals surface area contributed by atoms with Crippen molar-refractivity contribution in [3.63, 3.8) is 0 Å². The molecule has 1 aliphatic rings. The Kier molecular flexibility index (Phi) is 3.57. The molecule has 0 aromatic heterocycles. The molecule has 92 valence electrons. The Morgan fingerprint density at radius 3 is 2.50 bits per heavy atom. The number of carbonyl (C=O) groups is 2. The Balaban J connectivity index is 2.57. The van der Waals surface area contributed by atoms with Crippen LogP contribution in [0.25, 0.3) is 0 Å². The Morgan fingerprint density at radius 1 is 1.56 bits per heavy atom. The first-order valence-corrected chi connectivity index (χ1v) is 5.58. The maximum Gasteiger partial charge on any atom is 0.236 e. The molecule has 1 rings (SSSR count). The summed E-state index contributed by atoms with van der Waals surface area (Å²) in [7, 11) is 0. The monoisotopic (exact) mass is 227 g/mol. The fraction of sp³-hybridized carbons (Fsp3) is 0.818. The van der Waals surface area contributed by atoms with Gasteiger partial charge in [0.2, 0.25) is 11.8 Å². The molecule has 0 aromatic carbocycles. The summed E-state index contributed by atoms with van der Waals surface area (Å²) < 4.78 is 0. The molecule has 1 saturated heterocycles. The Morgan fingerprint density at radius 2 is 2.12 bits per heavy atom. The minimum atomic E-state index is -0.529. The molecule has 2 amide bonds. The number of hydrogen-bond acceptors (Lipinski definition) is 3. The zero-order chi connectivity index (χ0) is 12.5. The van der Waals surface area contributed by atoms with E-state index in [9.17, 15) is 9.59 Å². The molecule has 16 heavy (non-hydrogen) atoms. The first kappa shape index (κ1) is 13.0. The van der Waals surface area contributed by atoms with Gasteiger partial charge in [0.25, 0.3) is 0 Å². The van der Waals surface area contributed by atoms with Gasteiger partial charge in [0.15, 0.2) is 0 Å². The second-order valence-electron chi connectivity index (χ2n) is 5.37. The van der Waals surface area contributed by atoms with E-state index in [1.807, 2.05) is 20.8 Å². The predicted octanol–water partition coefficient (Wildman–Crippen LogP) is -0.151. The zero-order valence-electron chi connectivity index (χ0n) is 10.4. The maximum atomic E-state index is 11.7. The Hall–Kier alpha value is -1.10. The lowest BCUT2D eigenvalue weighted by Gasteiger charge is -2.32. The lowest BCUT2D eigenvalue weighted by Crippen LogP contribution is -2.47. The van der Waals surface area contributed by atoms with Crippen LogP contribution >= 0.6 is 0 Å². The van der Waals surface area contributed by atoms with E-state index in [2.05, 4.69) is 5.32 Å². The molecule has 0 aliphatic carbocycles. The van der Waals surface area contributed by atoms with Crippen molar-refractivity contribution < 1.29 is 9.59 Å². The van der Waals surface area contributed by atoms with Crippen molar-refractivity contribution >= 4 is 11.8 Å². The van der Waals surface area contributed by atoms with Gasteiger partial charge in [-0.05, 0) is 27.7 Å². The smallest absolute Gasteiger partial charge is 0.236 e. The second kappa shape index (κ2) is 4.41. The van der Waals surface area contributed by atoms with Crippen molar-refractivity contribution in [2.75, 3.05) is 6.54 Å². The van der Waals surface area contributed by atoms with Crippen molar-refractivity contribution in [2.24, 2.45) is 5.73 Å². The van der Waals surface area contributed by atoms with Crippen molar-refractivity contribution in [1.82, 2.24) is 10.2 Å². The summed E-state index contributed by atoms with van der Waals surface area (Å²) in [4.78, 5) is 24.9. The third kappa shape index (κ3) is 2.95. The molecular formula is C11H21N3O2. The van der Waals surface area contributed by atoms with Crippen molar-refractivity contribution in [2.45, 2.75) is 51.7 Å². The van der Waals surface area contributed by atoms with E-state index < -0.39 is 6.04 Å². The average molecular weight is 227 g/mol. The van der Waals surface area contributed by atoms with Crippen LogP contribution in [0, 0.1) is 0 Å². The van der Waals surface area contributed by atoms with Gasteiger partial charge < -0.3 is 16.0 Å². The fourth-order valence-corrected chi connectivity index (χ4v) is 1.79. The summed E-state index contributed by atoms with van der Waals surface area (Å²) in [6.07, 6.45) is 0.371. The first-order valence-electron chi connectivity index (χ1n) is 5.58. The molecule has 5 heteroatoms. The van der Waals surface area contributed by atoms with Crippen LogP contribution in [0.3, 0.4) is 0 Å². The van der Waals surface area contributed by atoms with Crippen molar-refractivity contribution in [1.29, 1.82) is 0 Å². The quantitative estimate of drug-likeness (QED) is 0.689. The number of amides is 2. The second-order valence-corrected chi connectivity index (χ2v) is 5.37. The van der Waals surface area contributed by atoms with E-state index in [-0.39, 0.29) is 23.4 Å². The van der Waals surface area contributed by atoms with E-state index in [1.54, 1.807) is 11.8 Å². The van der Waals surface area contributed by atoms with E-state index in [4.69, 9.17) is 5.73 Å². The molecule has 0 bridgehead atoms. The highest BCUT2D eigenvalue weighted by atomic mass is 16.2. The lowest BCUT2D eigenvalue weighted by molar-refractivity contribution is -0.131. The number of carbonyl (C=O) groups excluding carboxylic acids is 2. The van der Waals surface area contributed by atoms with Gasteiger partial charge in [0.05, 0.1) is 12.1 Å². The topological polar surface area (TPSA) is 75.4 Å². The minimum Gasteiger partial charge on any atom is -0.350 e. The summed E-state index contributed by atoms with van der Waals surface area (Å²) in [6, 6.07) is -0.635. The SMILES string of the molecule is C[C@@H](N)C(=O)NC1CC(=O)N(C(C)(C)C)C1. The van der Waals surface area contributed by atoms with Crippen LogP contribution in [0.1, 0.15) is 34.1 Å². The van der Waals surface area contributed by atoms with E-state index >= 15 is 0 Å². The van der Waals surface area contributed by atoms with Gasteiger partial charge in [-0.15, -0.1) is 0 Å². The highest BCUT2D eigenvalue weighted by Gasteiger charge is 2.36. The van der Waals surface area contributed by atoms with E-state index in [0.717, 1.165) is 0 Å². The van der Waals surface area contributed by atoms with Crippen LogP contribution < -0.4 is 11.1 Å². The summed E-state index contributed by atoms with van der Waals surface area (Å²) >= 11 is 0. The number of nitrogens with one attached hydrogen (secondary N) is 1. The lowest BCUT2D eigenvalue weighted by atomic mass is 10.1.